The van der Waals surface area contributed by atoms with Crippen LogP contribution in [0.3, 0.4) is 0 Å². The van der Waals surface area contributed by atoms with Crippen LogP contribution in [-0.2, 0) is 4.74 Å². The number of fused-ring (bicyclic) bond motifs is 1. The molecule has 1 fully saturated rings. The number of aryl methyl sites for hydroxylation is 1. The lowest BCUT2D eigenvalue weighted by Crippen LogP contribution is -2.52. The number of nitrogens with zero attached hydrogens (tertiary/aromatic N) is 2. The number of carbonyl (C=O) groups is 3. The van der Waals surface area contributed by atoms with Crippen molar-refractivity contribution in [3.05, 3.63) is 68.3 Å². The fourth-order valence-electron chi connectivity index (χ4n) is 3.59. The van der Waals surface area contributed by atoms with Crippen LogP contribution in [0.15, 0.2) is 42.5 Å². The number of benzene rings is 2. The van der Waals surface area contributed by atoms with E-state index in [1.54, 1.807) is 29.2 Å². The van der Waals surface area contributed by atoms with Gasteiger partial charge in [-0.05, 0) is 60.2 Å². The molecule has 6 nitrogen and oxygen atoms in total. The molecule has 0 bridgehead atoms. The second kappa shape index (κ2) is 7.63. The highest BCUT2D eigenvalue weighted by molar-refractivity contribution is 14.1. The molecule has 2 aliphatic rings. The summed E-state index contributed by atoms with van der Waals surface area (Å²) in [7, 11) is 0. The molecule has 2 aliphatic heterocycles. The summed E-state index contributed by atoms with van der Waals surface area (Å²) in [6.07, 6.45) is 0.0620. The number of halogens is 1. The van der Waals surface area contributed by atoms with E-state index < -0.39 is 6.23 Å². The molecule has 2 heterocycles. The first-order valence-electron chi connectivity index (χ1n) is 9.11. The van der Waals surface area contributed by atoms with Gasteiger partial charge in [0.15, 0.2) is 6.23 Å². The highest BCUT2D eigenvalue weighted by Crippen LogP contribution is 2.25. The maximum absolute atomic E-state index is 13.2. The predicted molar refractivity (Wildman–Crippen MR) is 111 cm³/mol. The Labute approximate surface area is 176 Å². The summed E-state index contributed by atoms with van der Waals surface area (Å²) in [5.41, 5.74) is 2.40. The van der Waals surface area contributed by atoms with Crippen molar-refractivity contribution in [2.24, 2.45) is 0 Å². The fraction of sp³-hybridized carbons (Fsp3) is 0.286. The number of ether oxygens (including phenoxy) is 1. The van der Waals surface area contributed by atoms with Gasteiger partial charge in [-0.1, -0.05) is 23.8 Å². The maximum Gasteiger partial charge on any atom is 0.261 e. The van der Waals surface area contributed by atoms with Gasteiger partial charge in [-0.25, -0.2) is 0 Å². The Morgan fingerprint density at radius 1 is 1.14 bits per heavy atom. The number of hydrogen-bond donors (Lipinski definition) is 0. The molecule has 1 saturated heterocycles. The molecule has 3 amide bonds. The Hall–Kier alpha value is -2.26. The van der Waals surface area contributed by atoms with Crippen molar-refractivity contribution in [2.75, 3.05) is 19.7 Å². The van der Waals surface area contributed by atoms with Gasteiger partial charge < -0.3 is 9.64 Å². The zero-order valence-electron chi connectivity index (χ0n) is 15.4. The van der Waals surface area contributed by atoms with E-state index in [1.165, 1.54) is 4.90 Å². The molecular formula is C21H19IN2O4. The fourth-order valence-corrected chi connectivity index (χ4v) is 4.16. The summed E-state index contributed by atoms with van der Waals surface area (Å²) in [6.45, 7) is 2.98. The van der Waals surface area contributed by atoms with E-state index in [0.717, 1.165) is 9.13 Å². The summed E-state index contributed by atoms with van der Waals surface area (Å²) in [5.74, 6) is -0.825. The summed E-state index contributed by atoms with van der Waals surface area (Å²) >= 11 is 2.15. The molecule has 28 heavy (non-hydrogen) atoms. The third kappa shape index (κ3) is 3.33. The van der Waals surface area contributed by atoms with E-state index in [9.17, 15) is 14.4 Å². The lowest BCUT2D eigenvalue weighted by atomic mass is 10.1. The van der Waals surface area contributed by atoms with Crippen molar-refractivity contribution in [1.82, 2.24) is 9.80 Å². The second-order valence-corrected chi connectivity index (χ2v) is 8.09. The van der Waals surface area contributed by atoms with Crippen LogP contribution < -0.4 is 0 Å². The Bertz CT molecular complexity index is 940. The van der Waals surface area contributed by atoms with Crippen LogP contribution in [0, 0.1) is 10.5 Å². The molecule has 0 radical (unpaired) electrons. The van der Waals surface area contributed by atoms with Crippen LogP contribution in [-0.4, -0.2) is 53.4 Å². The van der Waals surface area contributed by atoms with Gasteiger partial charge in [0.05, 0.1) is 29.8 Å². The normalized spacial score (nSPS) is 19.1. The van der Waals surface area contributed by atoms with Crippen LogP contribution in [0.25, 0.3) is 0 Å². The monoisotopic (exact) mass is 490 g/mol. The first-order chi connectivity index (χ1) is 13.5. The van der Waals surface area contributed by atoms with E-state index in [0.29, 0.717) is 36.3 Å². The van der Waals surface area contributed by atoms with Crippen LogP contribution in [0.5, 0.6) is 0 Å². The summed E-state index contributed by atoms with van der Waals surface area (Å²) < 4.78 is 6.68. The van der Waals surface area contributed by atoms with Crippen molar-refractivity contribution in [3.63, 3.8) is 0 Å². The molecule has 0 aromatic heterocycles. The first kappa shape index (κ1) is 19.1. The van der Waals surface area contributed by atoms with E-state index in [2.05, 4.69) is 22.6 Å². The van der Waals surface area contributed by atoms with Gasteiger partial charge in [-0.3, -0.25) is 19.3 Å². The molecule has 0 spiro atoms. The number of hydrogen-bond acceptors (Lipinski definition) is 4. The van der Waals surface area contributed by atoms with E-state index in [1.807, 2.05) is 25.1 Å². The largest absolute Gasteiger partial charge is 0.356 e. The zero-order valence-corrected chi connectivity index (χ0v) is 17.5. The van der Waals surface area contributed by atoms with Crippen molar-refractivity contribution in [3.8, 4) is 0 Å². The minimum atomic E-state index is -0.653. The maximum atomic E-state index is 13.2. The predicted octanol–water partition coefficient (Wildman–Crippen LogP) is 3.08. The molecule has 0 saturated carbocycles. The minimum absolute atomic E-state index is 0.0283. The van der Waals surface area contributed by atoms with Gasteiger partial charge in [-0.2, -0.15) is 0 Å². The van der Waals surface area contributed by atoms with Crippen LogP contribution in [0.2, 0.25) is 0 Å². The Morgan fingerprint density at radius 3 is 2.50 bits per heavy atom. The van der Waals surface area contributed by atoms with Crippen molar-refractivity contribution in [2.45, 2.75) is 19.6 Å². The molecule has 4 rings (SSSR count). The smallest absolute Gasteiger partial charge is 0.261 e. The Kier molecular flexibility index (Phi) is 5.20. The number of amides is 3. The Morgan fingerprint density at radius 2 is 1.82 bits per heavy atom. The molecule has 144 valence electrons. The molecule has 0 aliphatic carbocycles. The average Bonchev–Trinajstić information content (AvgIpc) is 2.95. The number of imide groups is 1. The summed E-state index contributed by atoms with van der Waals surface area (Å²) in [4.78, 5) is 41.3. The van der Waals surface area contributed by atoms with Gasteiger partial charge >= 0.3 is 0 Å². The van der Waals surface area contributed by atoms with Crippen LogP contribution >= 0.6 is 22.6 Å². The quantitative estimate of drug-likeness (QED) is 0.490. The molecule has 2 aromatic carbocycles. The highest BCUT2D eigenvalue weighted by Gasteiger charge is 2.39. The first-order valence-corrected chi connectivity index (χ1v) is 10.2. The Balaban J connectivity index is 1.59. The van der Waals surface area contributed by atoms with Crippen molar-refractivity contribution in [1.29, 1.82) is 0 Å². The van der Waals surface area contributed by atoms with Gasteiger partial charge in [0.1, 0.15) is 0 Å². The SMILES string of the molecule is Cc1ccc(I)c(C(=O)N2CCCOC2CN2C(=O)c3ccccc3C2=O)c1. The van der Waals surface area contributed by atoms with E-state index in [4.69, 9.17) is 4.74 Å². The molecule has 1 atom stereocenters. The second-order valence-electron chi connectivity index (χ2n) is 6.93. The topological polar surface area (TPSA) is 66.9 Å². The number of carbonyl (C=O) groups excluding carboxylic acids is 3. The summed E-state index contributed by atoms with van der Waals surface area (Å²) in [5, 5.41) is 0. The third-order valence-electron chi connectivity index (χ3n) is 5.03. The minimum Gasteiger partial charge on any atom is -0.356 e. The van der Waals surface area contributed by atoms with Crippen molar-refractivity contribution < 1.29 is 19.1 Å². The molecule has 1 unspecified atom stereocenters. The molecule has 7 heteroatoms. The zero-order chi connectivity index (χ0) is 19.8. The standard InChI is InChI=1S/C21H19IN2O4/c1-13-7-8-17(22)16(11-13)21(27)23-9-4-10-28-18(23)12-24-19(25)14-5-2-3-6-15(14)20(24)26/h2-3,5-8,11,18H,4,9-10,12H2,1H3. The third-order valence-corrected chi connectivity index (χ3v) is 5.97. The molecule has 2 aromatic rings. The molecular weight excluding hydrogens is 471 g/mol. The van der Waals surface area contributed by atoms with Gasteiger partial charge in [0.25, 0.3) is 17.7 Å². The average molecular weight is 490 g/mol. The lowest BCUT2D eigenvalue weighted by Gasteiger charge is -2.37. The van der Waals surface area contributed by atoms with Gasteiger partial charge in [0.2, 0.25) is 0 Å². The number of rotatable bonds is 3. The van der Waals surface area contributed by atoms with Crippen molar-refractivity contribution >= 4 is 40.3 Å². The highest BCUT2D eigenvalue weighted by atomic mass is 127. The van der Waals surface area contributed by atoms with Crippen LogP contribution in [0.4, 0.5) is 0 Å². The van der Waals surface area contributed by atoms with Gasteiger partial charge in [0, 0.05) is 10.1 Å². The van der Waals surface area contributed by atoms with E-state index >= 15 is 0 Å². The molecule has 0 N–H and O–H groups in total. The van der Waals surface area contributed by atoms with Crippen LogP contribution in [0.1, 0.15) is 43.1 Å². The van der Waals surface area contributed by atoms with E-state index in [-0.39, 0.29) is 24.3 Å². The van der Waals surface area contributed by atoms with Gasteiger partial charge in [-0.15, -0.1) is 0 Å². The lowest BCUT2D eigenvalue weighted by molar-refractivity contribution is -0.0837. The summed E-state index contributed by atoms with van der Waals surface area (Å²) in [6, 6.07) is 12.5.